The Kier molecular flexibility index (Phi) is 5.36. The van der Waals surface area contributed by atoms with E-state index < -0.39 is 0 Å². The van der Waals surface area contributed by atoms with Crippen molar-refractivity contribution in [2.75, 3.05) is 6.54 Å². The predicted octanol–water partition coefficient (Wildman–Crippen LogP) is 4.16. The van der Waals surface area contributed by atoms with Gasteiger partial charge in [0.15, 0.2) is 0 Å². The predicted molar refractivity (Wildman–Crippen MR) is 85.8 cm³/mol. The summed E-state index contributed by atoms with van der Waals surface area (Å²) in [4.78, 5) is 12.4. The van der Waals surface area contributed by atoms with Gasteiger partial charge in [-0.05, 0) is 48.9 Å². The van der Waals surface area contributed by atoms with Gasteiger partial charge in [-0.3, -0.25) is 10.1 Å². The molecule has 0 atom stereocenters. The lowest BCUT2D eigenvalue weighted by molar-refractivity contribution is -0.384. The number of benzene rings is 2. The molecule has 21 heavy (non-hydrogen) atoms. The van der Waals surface area contributed by atoms with Gasteiger partial charge in [-0.2, -0.15) is 0 Å². The summed E-state index contributed by atoms with van der Waals surface area (Å²) in [5.74, 6) is 0. The minimum absolute atomic E-state index is 0.122. The van der Waals surface area contributed by atoms with Crippen molar-refractivity contribution < 1.29 is 4.92 Å². The number of nitrogens with zero attached hydrogens (tertiary/aromatic N) is 1. The molecule has 4 nitrogen and oxygen atoms in total. The lowest BCUT2D eigenvalue weighted by Gasteiger charge is -2.09. The first-order valence-corrected chi connectivity index (χ1v) is 7.64. The molecule has 0 saturated heterocycles. The third kappa shape index (κ3) is 4.31. The topological polar surface area (TPSA) is 55.2 Å². The minimum Gasteiger partial charge on any atom is -0.313 e. The normalized spacial score (nSPS) is 10.6. The Morgan fingerprint density at radius 3 is 2.38 bits per heavy atom. The maximum atomic E-state index is 10.6. The number of hydrogen-bond acceptors (Lipinski definition) is 4. The molecule has 0 amide bonds. The average Bonchev–Trinajstić information content (AvgIpc) is 2.47. The molecule has 2 aromatic rings. The summed E-state index contributed by atoms with van der Waals surface area (Å²) in [6.07, 6.45) is 0. The maximum Gasteiger partial charge on any atom is 0.269 e. The van der Waals surface area contributed by atoms with Crippen LogP contribution in [0.25, 0.3) is 0 Å². The van der Waals surface area contributed by atoms with Crippen molar-refractivity contribution in [3.8, 4) is 0 Å². The van der Waals surface area contributed by atoms with Gasteiger partial charge in [0.2, 0.25) is 0 Å². The van der Waals surface area contributed by atoms with Gasteiger partial charge in [-0.1, -0.05) is 24.8 Å². The SMILES string of the molecule is CCNCc1ccc(Sc2ccc([N+](=O)[O-])cc2)cc1C. The van der Waals surface area contributed by atoms with Crippen LogP contribution in [-0.2, 0) is 6.54 Å². The van der Waals surface area contributed by atoms with Gasteiger partial charge in [0.25, 0.3) is 5.69 Å². The number of nitro groups is 1. The van der Waals surface area contributed by atoms with Crippen LogP contribution in [-0.4, -0.2) is 11.5 Å². The van der Waals surface area contributed by atoms with Crippen molar-refractivity contribution in [1.29, 1.82) is 0 Å². The van der Waals surface area contributed by atoms with Crippen molar-refractivity contribution in [2.45, 2.75) is 30.2 Å². The second-order valence-electron chi connectivity index (χ2n) is 4.72. The highest BCUT2D eigenvalue weighted by molar-refractivity contribution is 7.99. The minimum atomic E-state index is -0.381. The average molecular weight is 302 g/mol. The lowest BCUT2D eigenvalue weighted by atomic mass is 10.1. The monoisotopic (exact) mass is 302 g/mol. The van der Waals surface area contributed by atoms with E-state index >= 15 is 0 Å². The highest BCUT2D eigenvalue weighted by atomic mass is 32.2. The first-order chi connectivity index (χ1) is 10.1. The zero-order chi connectivity index (χ0) is 15.2. The van der Waals surface area contributed by atoms with Crippen molar-refractivity contribution >= 4 is 17.4 Å². The van der Waals surface area contributed by atoms with E-state index in [1.165, 1.54) is 23.3 Å². The molecule has 0 aromatic heterocycles. The number of nitrogens with one attached hydrogen (secondary N) is 1. The molecule has 0 bridgehead atoms. The molecule has 0 radical (unpaired) electrons. The van der Waals surface area contributed by atoms with Crippen LogP contribution in [0.4, 0.5) is 5.69 Å². The second-order valence-corrected chi connectivity index (χ2v) is 5.87. The number of non-ortho nitro benzene ring substituents is 1. The lowest BCUT2D eigenvalue weighted by Crippen LogP contribution is -2.12. The molecule has 2 aromatic carbocycles. The van der Waals surface area contributed by atoms with Crippen LogP contribution < -0.4 is 5.32 Å². The fraction of sp³-hybridized carbons (Fsp3) is 0.250. The molecule has 0 saturated carbocycles. The molecule has 5 heteroatoms. The Hall–Kier alpha value is -1.85. The van der Waals surface area contributed by atoms with Gasteiger partial charge in [0, 0.05) is 28.5 Å². The fourth-order valence-electron chi connectivity index (χ4n) is 1.96. The van der Waals surface area contributed by atoms with Gasteiger partial charge in [-0.25, -0.2) is 0 Å². The number of nitro benzene ring substituents is 1. The number of hydrogen-bond donors (Lipinski definition) is 1. The Morgan fingerprint density at radius 2 is 1.81 bits per heavy atom. The van der Waals surface area contributed by atoms with E-state index in [-0.39, 0.29) is 10.6 Å². The van der Waals surface area contributed by atoms with Crippen molar-refractivity contribution in [3.05, 3.63) is 63.7 Å². The van der Waals surface area contributed by atoms with E-state index in [4.69, 9.17) is 0 Å². The quantitative estimate of drug-likeness (QED) is 0.643. The standard InChI is InChI=1S/C16H18N2O2S/c1-3-17-11-13-4-7-16(10-12(13)2)21-15-8-5-14(6-9-15)18(19)20/h4-10,17H,3,11H2,1-2H3. The van der Waals surface area contributed by atoms with Crippen LogP contribution in [0.2, 0.25) is 0 Å². The molecule has 2 rings (SSSR count). The Morgan fingerprint density at radius 1 is 1.14 bits per heavy atom. The van der Waals surface area contributed by atoms with Gasteiger partial charge in [0.1, 0.15) is 0 Å². The Bertz CT molecular complexity index is 627. The van der Waals surface area contributed by atoms with Crippen LogP contribution in [0.15, 0.2) is 52.3 Å². The van der Waals surface area contributed by atoms with Crippen LogP contribution in [0, 0.1) is 17.0 Å². The van der Waals surface area contributed by atoms with Crippen molar-refractivity contribution in [1.82, 2.24) is 5.32 Å². The summed E-state index contributed by atoms with van der Waals surface area (Å²) >= 11 is 1.61. The number of rotatable bonds is 6. The molecule has 0 spiro atoms. The van der Waals surface area contributed by atoms with Crippen molar-refractivity contribution in [2.24, 2.45) is 0 Å². The first-order valence-electron chi connectivity index (χ1n) is 6.82. The smallest absolute Gasteiger partial charge is 0.269 e. The molecule has 0 fully saturated rings. The number of aryl methyl sites for hydroxylation is 1. The molecule has 0 aliphatic heterocycles. The Labute approximate surface area is 128 Å². The van der Waals surface area contributed by atoms with Crippen LogP contribution >= 0.6 is 11.8 Å². The summed E-state index contributed by atoms with van der Waals surface area (Å²) in [7, 11) is 0. The van der Waals surface area contributed by atoms with Gasteiger partial charge >= 0.3 is 0 Å². The molecule has 0 heterocycles. The fourth-order valence-corrected chi connectivity index (χ4v) is 2.88. The second kappa shape index (κ2) is 7.24. The third-order valence-electron chi connectivity index (χ3n) is 3.16. The molecule has 0 unspecified atom stereocenters. The highest BCUT2D eigenvalue weighted by Gasteiger charge is 2.06. The highest BCUT2D eigenvalue weighted by Crippen LogP contribution is 2.30. The summed E-state index contributed by atoms with van der Waals surface area (Å²) in [6.45, 7) is 6.03. The first kappa shape index (κ1) is 15.5. The molecule has 0 aliphatic carbocycles. The van der Waals surface area contributed by atoms with Gasteiger partial charge in [0.05, 0.1) is 4.92 Å². The molecule has 1 N–H and O–H groups in total. The van der Waals surface area contributed by atoms with Crippen LogP contribution in [0.3, 0.4) is 0 Å². The van der Waals surface area contributed by atoms with Crippen LogP contribution in [0.5, 0.6) is 0 Å². The zero-order valence-corrected chi connectivity index (χ0v) is 12.9. The van der Waals surface area contributed by atoms with Gasteiger partial charge < -0.3 is 5.32 Å². The summed E-state index contributed by atoms with van der Waals surface area (Å²) in [6, 6.07) is 13.0. The summed E-state index contributed by atoms with van der Waals surface area (Å²) < 4.78 is 0. The van der Waals surface area contributed by atoms with Crippen molar-refractivity contribution in [3.63, 3.8) is 0 Å². The third-order valence-corrected chi connectivity index (χ3v) is 4.16. The van der Waals surface area contributed by atoms with E-state index in [1.54, 1.807) is 23.9 Å². The van der Waals surface area contributed by atoms with E-state index in [9.17, 15) is 10.1 Å². The van der Waals surface area contributed by atoms with Gasteiger partial charge in [-0.15, -0.1) is 0 Å². The van der Waals surface area contributed by atoms with Crippen LogP contribution in [0.1, 0.15) is 18.1 Å². The molecule has 110 valence electrons. The summed E-state index contributed by atoms with van der Waals surface area (Å²) in [5, 5.41) is 14.0. The molecular formula is C16H18N2O2S. The van der Waals surface area contributed by atoms with E-state index in [0.717, 1.165) is 22.9 Å². The van der Waals surface area contributed by atoms with E-state index in [1.807, 2.05) is 0 Å². The van der Waals surface area contributed by atoms with E-state index in [2.05, 4.69) is 37.4 Å². The molecular weight excluding hydrogens is 284 g/mol. The maximum absolute atomic E-state index is 10.6. The molecule has 0 aliphatic rings. The van der Waals surface area contributed by atoms with E-state index in [0.29, 0.717) is 0 Å². The largest absolute Gasteiger partial charge is 0.313 e. The zero-order valence-electron chi connectivity index (χ0n) is 12.1. The Balaban J connectivity index is 2.09. The summed E-state index contributed by atoms with van der Waals surface area (Å²) in [5.41, 5.74) is 2.67.